The van der Waals surface area contributed by atoms with Gasteiger partial charge >= 0.3 is 5.97 Å². The van der Waals surface area contributed by atoms with Gasteiger partial charge < -0.3 is 10.2 Å². The molecule has 0 spiro atoms. The molecule has 1 aliphatic carbocycles. The third kappa shape index (κ3) is 5.07. The third-order valence-corrected chi connectivity index (χ3v) is 4.99. The number of hydrogen-bond acceptors (Lipinski definition) is 2. The van der Waals surface area contributed by atoms with E-state index in [1.165, 1.54) is 17.7 Å². The molecule has 0 heterocycles. The quantitative estimate of drug-likeness (QED) is 0.534. The van der Waals surface area contributed by atoms with Gasteiger partial charge in [0.15, 0.2) is 11.6 Å². The Kier molecular flexibility index (Phi) is 6.07. The van der Waals surface area contributed by atoms with Crippen molar-refractivity contribution >= 4 is 18.1 Å². The third-order valence-electron chi connectivity index (χ3n) is 4.99. The molecule has 140 valence electrons. The largest absolute Gasteiger partial charge is 0.505 e. The van der Waals surface area contributed by atoms with Crippen LogP contribution in [0.5, 0.6) is 5.75 Å². The maximum Gasteiger partial charge on any atom is 0.328 e. The maximum absolute atomic E-state index is 13.8. The standard InChI is InChI=1S/C23H23FO3/c24-21-15-19(11-12-22(21)25)20-5-3-1-2-4-18(20)14-17-8-6-16(7-9-17)10-13-23(26)27/h6-15,20,25H,1-5H2,(H,26,27)/b13-10+,18-14?. The number of phenolic OH excluding ortho intramolecular Hbond substituents is 1. The van der Waals surface area contributed by atoms with Crippen molar-refractivity contribution < 1.29 is 19.4 Å². The molecule has 1 saturated carbocycles. The number of rotatable bonds is 4. The van der Waals surface area contributed by atoms with Crippen LogP contribution in [0.4, 0.5) is 4.39 Å². The van der Waals surface area contributed by atoms with Gasteiger partial charge in [-0.2, -0.15) is 0 Å². The highest BCUT2D eigenvalue weighted by Gasteiger charge is 2.20. The minimum atomic E-state index is -0.969. The van der Waals surface area contributed by atoms with E-state index in [0.29, 0.717) is 0 Å². The fraction of sp³-hybridized carbons (Fsp3) is 0.261. The van der Waals surface area contributed by atoms with E-state index in [0.717, 1.165) is 54.9 Å². The zero-order valence-corrected chi connectivity index (χ0v) is 15.1. The number of benzene rings is 2. The van der Waals surface area contributed by atoms with E-state index in [1.807, 2.05) is 30.3 Å². The summed E-state index contributed by atoms with van der Waals surface area (Å²) in [6.07, 6.45) is 10.1. The summed E-state index contributed by atoms with van der Waals surface area (Å²) in [5, 5.41) is 18.2. The summed E-state index contributed by atoms with van der Waals surface area (Å²) in [7, 11) is 0. The molecule has 27 heavy (non-hydrogen) atoms. The number of halogens is 1. The first kappa shape index (κ1) is 18.9. The highest BCUT2D eigenvalue weighted by atomic mass is 19.1. The lowest BCUT2D eigenvalue weighted by atomic mass is 9.86. The number of allylic oxidation sites excluding steroid dienone is 1. The first-order valence-electron chi connectivity index (χ1n) is 9.23. The molecule has 2 N–H and O–H groups in total. The smallest absolute Gasteiger partial charge is 0.328 e. The second-order valence-corrected chi connectivity index (χ2v) is 6.92. The minimum Gasteiger partial charge on any atom is -0.505 e. The SMILES string of the molecule is O=C(O)/C=C/c1ccc(C=C2CCCCCC2c2ccc(O)c(F)c2)cc1. The highest BCUT2D eigenvalue weighted by Crippen LogP contribution is 2.38. The van der Waals surface area contributed by atoms with Gasteiger partial charge in [0.05, 0.1) is 0 Å². The van der Waals surface area contributed by atoms with E-state index in [-0.39, 0.29) is 11.7 Å². The fourth-order valence-electron chi connectivity index (χ4n) is 3.59. The molecule has 0 aliphatic heterocycles. The average molecular weight is 366 g/mol. The Morgan fingerprint density at radius 2 is 1.78 bits per heavy atom. The van der Waals surface area contributed by atoms with Gasteiger partial charge in [-0.1, -0.05) is 54.8 Å². The van der Waals surface area contributed by atoms with Crippen LogP contribution in [0.25, 0.3) is 12.2 Å². The monoisotopic (exact) mass is 366 g/mol. The van der Waals surface area contributed by atoms with Crippen LogP contribution < -0.4 is 0 Å². The second kappa shape index (κ2) is 8.67. The van der Waals surface area contributed by atoms with E-state index >= 15 is 0 Å². The molecule has 0 aromatic heterocycles. The Labute approximate surface area is 158 Å². The van der Waals surface area contributed by atoms with Crippen molar-refractivity contribution in [1.29, 1.82) is 0 Å². The molecule has 4 heteroatoms. The van der Waals surface area contributed by atoms with Crippen molar-refractivity contribution in [1.82, 2.24) is 0 Å². The first-order valence-corrected chi connectivity index (χ1v) is 9.23. The van der Waals surface area contributed by atoms with E-state index in [9.17, 15) is 14.3 Å². The Morgan fingerprint density at radius 1 is 1.04 bits per heavy atom. The van der Waals surface area contributed by atoms with Crippen molar-refractivity contribution in [2.45, 2.75) is 38.0 Å². The zero-order valence-electron chi connectivity index (χ0n) is 15.1. The van der Waals surface area contributed by atoms with E-state index < -0.39 is 11.8 Å². The van der Waals surface area contributed by atoms with Gasteiger partial charge in [0.25, 0.3) is 0 Å². The number of carbonyl (C=O) groups is 1. The van der Waals surface area contributed by atoms with Crippen molar-refractivity contribution in [3.63, 3.8) is 0 Å². The summed E-state index contributed by atoms with van der Waals surface area (Å²) in [6.45, 7) is 0. The van der Waals surface area contributed by atoms with Gasteiger partial charge in [-0.3, -0.25) is 0 Å². The number of carboxylic acids is 1. The molecule has 0 radical (unpaired) electrons. The van der Waals surface area contributed by atoms with E-state index in [2.05, 4.69) is 6.08 Å². The van der Waals surface area contributed by atoms with Crippen LogP contribution in [0.1, 0.15) is 54.7 Å². The number of phenols is 1. The lowest BCUT2D eigenvalue weighted by Gasteiger charge is -2.19. The summed E-state index contributed by atoms with van der Waals surface area (Å²) >= 11 is 0. The van der Waals surface area contributed by atoms with Crippen LogP contribution in [0, 0.1) is 5.82 Å². The highest BCUT2D eigenvalue weighted by molar-refractivity contribution is 5.85. The van der Waals surface area contributed by atoms with Crippen LogP contribution in [-0.2, 0) is 4.79 Å². The summed E-state index contributed by atoms with van der Waals surface area (Å²) in [5.41, 5.74) is 4.05. The molecule has 1 unspecified atom stereocenters. The lowest BCUT2D eigenvalue weighted by Crippen LogP contribution is -2.02. The first-order chi connectivity index (χ1) is 13.0. The van der Waals surface area contributed by atoms with Crippen molar-refractivity contribution in [3.05, 3.63) is 76.6 Å². The molecule has 3 rings (SSSR count). The minimum absolute atomic E-state index is 0.147. The van der Waals surface area contributed by atoms with E-state index in [4.69, 9.17) is 5.11 Å². The van der Waals surface area contributed by atoms with Crippen LogP contribution in [0.2, 0.25) is 0 Å². The van der Waals surface area contributed by atoms with Crippen LogP contribution in [-0.4, -0.2) is 16.2 Å². The molecule has 0 amide bonds. The second-order valence-electron chi connectivity index (χ2n) is 6.92. The average Bonchev–Trinajstić information content (AvgIpc) is 2.89. The van der Waals surface area contributed by atoms with Gasteiger partial charge in [0, 0.05) is 12.0 Å². The molecule has 0 saturated heterocycles. The normalized spacial score (nSPS) is 19.3. The number of aliphatic carboxylic acids is 1. The molecule has 1 aliphatic rings. The van der Waals surface area contributed by atoms with Gasteiger partial charge in [0.1, 0.15) is 0 Å². The summed E-state index contributed by atoms with van der Waals surface area (Å²) in [4.78, 5) is 10.6. The summed E-state index contributed by atoms with van der Waals surface area (Å²) < 4.78 is 13.8. The zero-order chi connectivity index (χ0) is 19.2. The van der Waals surface area contributed by atoms with Crippen molar-refractivity contribution in [3.8, 4) is 5.75 Å². The molecular formula is C23H23FO3. The predicted molar refractivity (Wildman–Crippen MR) is 105 cm³/mol. The van der Waals surface area contributed by atoms with E-state index in [1.54, 1.807) is 6.08 Å². The fourth-order valence-corrected chi connectivity index (χ4v) is 3.59. The predicted octanol–water partition coefficient (Wildman–Crippen LogP) is 5.76. The topological polar surface area (TPSA) is 57.5 Å². The van der Waals surface area contributed by atoms with Crippen LogP contribution in [0.15, 0.2) is 54.1 Å². The molecule has 1 atom stereocenters. The number of hydrogen-bond donors (Lipinski definition) is 2. The molecule has 2 aromatic carbocycles. The Bertz CT molecular complexity index is 866. The van der Waals surface area contributed by atoms with Gasteiger partial charge in [-0.15, -0.1) is 0 Å². The van der Waals surface area contributed by atoms with Gasteiger partial charge in [-0.05, 0) is 54.2 Å². The molecule has 0 bridgehead atoms. The summed E-state index contributed by atoms with van der Waals surface area (Å²) in [5.74, 6) is -1.72. The lowest BCUT2D eigenvalue weighted by molar-refractivity contribution is -0.131. The Morgan fingerprint density at radius 3 is 2.48 bits per heavy atom. The van der Waals surface area contributed by atoms with Crippen LogP contribution >= 0.6 is 0 Å². The van der Waals surface area contributed by atoms with Gasteiger partial charge in [0.2, 0.25) is 0 Å². The van der Waals surface area contributed by atoms with Crippen molar-refractivity contribution in [2.24, 2.45) is 0 Å². The molecular weight excluding hydrogens is 343 g/mol. The number of aromatic hydroxyl groups is 1. The van der Waals surface area contributed by atoms with Crippen molar-refractivity contribution in [2.75, 3.05) is 0 Å². The molecule has 3 nitrogen and oxygen atoms in total. The van der Waals surface area contributed by atoms with Gasteiger partial charge in [-0.25, -0.2) is 9.18 Å². The molecule has 1 fully saturated rings. The Balaban J connectivity index is 1.88. The molecule has 2 aromatic rings. The number of carboxylic acid groups (broad SMARTS) is 1. The van der Waals surface area contributed by atoms with Crippen LogP contribution in [0.3, 0.4) is 0 Å². The Hall–Kier alpha value is -2.88. The maximum atomic E-state index is 13.8. The summed E-state index contributed by atoms with van der Waals surface area (Å²) in [6, 6.07) is 12.4.